The maximum atomic E-state index is 13.1. The number of amides is 1. The zero-order chi connectivity index (χ0) is 24.6. The number of carbonyl (C=O) groups excluding carboxylic acids is 2. The van der Waals surface area contributed by atoms with Crippen molar-refractivity contribution in [2.24, 2.45) is 11.8 Å². The lowest BCUT2D eigenvalue weighted by Gasteiger charge is -2.45. The Morgan fingerprint density at radius 1 is 1.20 bits per heavy atom. The molecule has 2 aromatic carbocycles. The quantitative estimate of drug-likeness (QED) is 0.472. The Hall–Kier alpha value is -2.57. The van der Waals surface area contributed by atoms with Crippen LogP contribution in [0.15, 0.2) is 54.6 Å². The maximum Gasteiger partial charge on any atom is 0.307 e. The molecule has 0 radical (unpaired) electrons. The highest BCUT2D eigenvalue weighted by Gasteiger charge is 2.39. The normalized spacial score (nSPS) is 20.9. The average molecular weight is 503 g/mol. The van der Waals surface area contributed by atoms with Gasteiger partial charge in [-0.05, 0) is 60.9 Å². The Morgan fingerprint density at radius 2 is 1.94 bits per heavy atom. The van der Waals surface area contributed by atoms with Gasteiger partial charge in [0.25, 0.3) is 0 Å². The lowest BCUT2D eigenvalue weighted by molar-refractivity contribution is -0.143. The third-order valence-corrected chi connectivity index (χ3v) is 7.18. The van der Waals surface area contributed by atoms with E-state index < -0.39 is 0 Å². The highest BCUT2D eigenvalue weighted by molar-refractivity contribution is 5.85. The van der Waals surface area contributed by atoms with E-state index in [1.807, 2.05) is 30.3 Å². The number of nitrogens with one attached hydrogen (secondary N) is 1. The van der Waals surface area contributed by atoms with E-state index in [0.717, 1.165) is 30.6 Å². The molecule has 192 valence electrons. The SMILES string of the molecule is CCOC(=O)CCNC(=O)C(Cc1ccccc1)CN1CCC(C)(c2cccc(O)c2)C(C)C1.Cl. The fourth-order valence-corrected chi connectivity index (χ4v) is 4.89. The summed E-state index contributed by atoms with van der Waals surface area (Å²) in [5.74, 6) is 0.144. The van der Waals surface area contributed by atoms with Crippen molar-refractivity contribution in [2.75, 3.05) is 32.8 Å². The molecule has 1 amide bonds. The first-order chi connectivity index (χ1) is 16.3. The number of nitrogens with zero attached hydrogens (tertiary/aromatic N) is 1. The van der Waals surface area contributed by atoms with Crippen molar-refractivity contribution in [3.63, 3.8) is 0 Å². The van der Waals surface area contributed by atoms with Crippen molar-refractivity contribution in [2.45, 2.75) is 45.4 Å². The summed E-state index contributed by atoms with van der Waals surface area (Å²) >= 11 is 0. The minimum Gasteiger partial charge on any atom is -0.508 e. The number of ether oxygens (including phenoxy) is 1. The van der Waals surface area contributed by atoms with Crippen LogP contribution in [0.5, 0.6) is 5.75 Å². The monoisotopic (exact) mass is 502 g/mol. The van der Waals surface area contributed by atoms with Crippen molar-refractivity contribution in [1.29, 1.82) is 0 Å². The Bertz CT molecular complexity index is 955. The predicted octanol–water partition coefficient (Wildman–Crippen LogP) is 4.34. The van der Waals surface area contributed by atoms with Crippen molar-refractivity contribution in [3.8, 4) is 5.75 Å². The second-order valence-corrected chi connectivity index (χ2v) is 9.61. The molecule has 0 spiro atoms. The molecule has 3 rings (SSSR count). The molecule has 3 unspecified atom stereocenters. The first-order valence-electron chi connectivity index (χ1n) is 12.3. The van der Waals surface area contributed by atoms with Crippen LogP contribution in [0, 0.1) is 11.8 Å². The second kappa shape index (κ2) is 13.5. The molecule has 0 saturated carbocycles. The Kier molecular flexibility index (Phi) is 11.1. The van der Waals surface area contributed by atoms with E-state index in [1.54, 1.807) is 13.0 Å². The Balaban J connectivity index is 0.00000432. The van der Waals surface area contributed by atoms with Gasteiger partial charge < -0.3 is 20.1 Å². The van der Waals surface area contributed by atoms with Crippen LogP contribution >= 0.6 is 12.4 Å². The molecule has 1 aliphatic rings. The van der Waals surface area contributed by atoms with Gasteiger partial charge in [-0.25, -0.2) is 0 Å². The largest absolute Gasteiger partial charge is 0.508 e. The summed E-state index contributed by atoms with van der Waals surface area (Å²) in [7, 11) is 0. The number of rotatable bonds is 10. The lowest BCUT2D eigenvalue weighted by Crippen LogP contribution is -2.50. The first kappa shape index (κ1) is 28.7. The number of aromatic hydroxyl groups is 1. The molecular weight excluding hydrogens is 464 g/mol. The number of piperidine rings is 1. The molecule has 3 atom stereocenters. The summed E-state index contributed by atoms with van der Waals surface area (Å²) in [6.45, 7) is 9.37. The molecule has 0 bridgehead atoms. The van der Waals surface area contributed by atoms with Gasteiger partial charge in [0.1, 0.15) is 5.75 Å². The summed E-state index contributed by atoms with van der Waals surface area (Å²) in [5, 5.41) is 12.9. The number of esters is 1. The number of phenolic OH excluding ortho intramolecular Hbond substituents is 1. The van der Waals surface area contributed by atoms with E-state index >= 15 is 0 Å². The average Bonchev–Trinajstić information content (AvgIpc) is 2.82. The van der Waals surface area contributed by atoms with Crippen LogP contribution in [-0.4, -0.2) is 54.7 Å². The minimum absolute atomic E-state index is 0. The molecule has 1 heterocycles. The highest BCUT2D eigenvalue weighted by Crippen LogP contribution is 2.40. The van der Waals surface area contributed by atoms with E-state index in [0.29, 0.717) is 31.2 Å². The maximum absolute atomic E-state index is 13.1. The third-order valence-electron chi connectivity index (χ3n) is 7.18. The van der Waals surface area contributed by atoms with Crippen molar-refractivity contribution >= 4 is 24.3 Å². The molecule has 2 aromatic rings. The topological polar surface area (TPSA) is 78.9 Å². The fraction of sp³-hybridized carbons (Fsp3) is 0.500. The molecule has 35 heavy (non-hydrogen) atoms. The van der Waals surface area contributed by atoms with Crippen LogP contribution in [0.2, 0.25) is 0 Å². The zero-order valence-electron chi connectivity index (χ0n) is 21.0. The number of likely N-dealkylation sites (tertiary alicyclic amines) is 1. The van der Waals surface area contributed by atoms with Crippen molar-refractivity contribution < 1.29 is 19.4 Å². The van der Waals surface area contributed by atoms with E-state index in [9.17, 15) is 14.7 Å². The molecule has 7 heteroatoms. The predicted molar refractivity (Wildman–Crippen MR) is 141 cm³/mol. The summed E-state index contributed by atoms with van der Waals surface area (Å²) in [4.78, 5) is 27.1. The van der Waals surface area contributed by atoms with Crippen LogP contribution < -0.4 is 5.32 Å². The standard InChI is InChI=1S/C28H38N2O4.ClH/c1-4-34-26(32)13-15-29-27(33)23(17-22-9-6-5-7-10-22)20-30-16-14-28(3,21(2)19-30)24-11-8-12-25(31)18-24;/h5-12,18,21,23,31H,4,13-17,19-20H2,1-3H3,(H,29,33);1H. The summed E-state index contributed by atoms with van der Waals surface area (Å²) in [6, 6.07) is 17.7. The van der Waals surface area contributed by atoms with Gasteiger partial charge in [0, 0.05) is 19.6 Å². The van der Waals surface area contributed by atoms with Gasteiger partial charge >= 0.3 is 5.97 Å². The van der Waals surface area contributed by atoms with Crippen LogP contribution in [-0.2, 0) is 26.2 Å². The van der Waals surface area contributed by atoms with E-state index in [1.165, 1.54) is 0 Å². The third kappa shape index (κ3) is 7.97. The van der Waals surface area contributed by atoms with Gasteiger partial charge in [-0.3, -0.25) is 9.59 Å². The van der Waals surface area contributed by atoms with Crippen molar-refractivity contribution in [3.05, 3.63) is 65.7 Å². The van der Waals surface area contributed by atoms with E-state index in [4.69, 9.17) is 4.74 Å². The molecule has 1 saturated heterocycles. The molecule has 1 fully saturated rings. The van der Waals surface area contributed by atoms with Gasteiger partial charge in [-0.2, -0.15) is 0 Å². The number of hydrogen-bond donors (Lipinski definition) is 2. The van der Waals surface area contributed by atoms with Gasteiger partial charge in [-0.1, -0.05) is 56.3 Å². The zero-order valence-corrected chi connectivity index (χ0v) is 21.9. The van der Waals surface area contributed by atoms with Crippen LogP contribution in [0.1, 0.15) is 44.7 Å². The second-order valence-electron chi connectivity index (χ2n) is 9.61. The smallest absolute Gasteiger partial charge is 0.307 e. The lowest BCUT2D eigenvalue weighted by atomic mass is 9.68. The summed E-state index contributed by atoms with van der Waals surface area (Å²) in [5.41, 5.74) is 2.27. The van der Waals surface area contributed by atoms with Crippen LogP contribution in [0.25, 0.3) is 0 Å². The molecular formula is C28H39ClN2O4. The molecule has 1 aliphatic heterocycles. The summed E-state index contributed by atoms with van der Waals surface area (Å²) in [6.07, 6.45) is 1.79. The molecule has 2 N–H and O–H groups in total. The van der Waals surface area contributed by atoms with Gasteiger partial charge in [0.2, 0.25) is 5.91 Å². The Labute approximate surface area is 215 Å². The molecule has 6 nitrogen and oxygen atoms in total. The summed E-state index contributed by atoms with van der Waals surface area (Å²) < 4.78 is 4.96. The van der Waals surface area contributed by atoms with Gasteiger partial charge in [0.05, 0.1) is 18.9 Å². The minimum atomic E-state index is -0.293. The number of hydrogen-bond acceptors (Lipinski definition) is 5. The number of carbonyl (C=O) groups is 2. The number of benzene rings is 2. The Morgan fingerprint density at radius 3 is 2.60 bits per heavy atom. The fourth-order valence-electron chi connectivity index (χ4n) is 4.89. The molecule has 0 aliphatic carbocycles. The van der Waals surface area contributed by atoms with Crippen molar-refractivity contribution in [1.82, 2.24) is 10.2 Å². The van der Waals surface area contributed by atoms with E-state index in [2.05, 4.69) is 42.3 Å². The molecule has 0 aromatic heterocycles. The van der Waals surface area contributed by atoms with E-state index in [-0.39, 0.29) is 48.6 Å². The highest BCUT2D eigenvalue weighted by atomic mass is 35.5. The first-order valence-corrected chi connectivity index (χ1v) is 12.3. The van der Waals surface area contributed by atoms with Gasteiger partial charge in [-0.15, -0.1) is 12.4 Å². The van der Waals surface area contributed by atoms with Gasteiger partial charge in [0.15, 0.2) is 0 Å². The number of halogens is 1. The van der Waals surface area contributed by atoms with Crippen LogP contribution in [0.3, 0.4) is 0 Å². The number of phenols is 1. The van der Waals surface area contributed by atoms with Crippen LogP contribution in [0.4, 0.5) is 0 Å².